The van der Waals surface area contributed by atoms with Crippen molar-refractivity contribution in [2.75, 3.05) is 13.1 Å². The molecule has 1 saturated heterocycles. The van der Waals surface area contributed by atoms with Crippen molar-refractivity contribution in [2.45, 2.75) is 25.7 Å². The van der Waals surface area contributed by atoms with Crippen LogP contribution in [0.1, 0.15) is 24.8 Å². The number of carboxylic acids is 1. The van der Waals surface area contributed by atoms with E-state index < -0.39 is 5.97 Å². The van der Waals surface area contributed by atoms with Crippen LogP contribution in [0.25, 0.3) is 0 Å². The molecule has 1 heterocycles. The lowest BCUT2D eigenvalue weighted by Gasteiger charge is -2.14. The maximum absolute atomic E-state index is 11.7. The van der Waals surface area contributed by atoms with E-state index in [-0.39, 0.29) is 12.5 Å². The fourth-order valence-electron chi connectivity index (χ4n) is 2.04. The predicted molar refractivity (Wildman–Crippen MR) is 69.2 cm³/mol. The Labute approximate surface area is 111 Å². The third-order valence-corrected chi connectivity index (χ3v) is 3.12. The fraction of sp³-hybridized carbons (Fsp3) is 0.429. The molecule has 0 radical (unpaired) electrons. The van der Waals surface area contributed by atoms with Gasteiger partial charge in [-0.15, -0.1) is 0 Å². The van der Waals surface area contributed by atoms with Crippen molar-refractivity contribution in [1.29, 1.82) is 0 Å². The van der Waals surface area contributed by atoms with Crippen LogP contribution in [0.5, 0.6) is 5.75 Å². The summed E-state index contributed by atoms with van der Waals surface area (Å²) >= 11 is 0. The molecule has 1 aromatic carbocycles. The number of aryl methyl sites for hydroxylation is 1. The van der Waals surface area contributed by atoms with E-state index in [4.69, 9.17) is 9.84 Å². The Morgan fingerprint density at radius 2 is 1.79 bits per heavy atom. The highest BCUT2D eigenvalue weighted by atomic mass is 16.6. The number of carboxylic acid groups (broad SMARTS) is 1. The van der Waals surface area contributed by atoms with Crippen molar-refractivity contribution in [3.05, 3.63) is 29.8 Å². The van der Waals surface area contributed by atoms with Crippen LogP contribution in [0.2, 0.25) is 0 Å². The molecule has 19 heavy (non-hydrogen) atoms. The molecule has 0 aliphatic carbocycles. The van der Waals surface area contributed by atoms with Crippen molar-refractivity contribution >= 4 is 12.1 Å². The molecule has 5 nitrogen and oxygen atoms in total. The number of nitrogens with zero attached hydrogens (tertiary/aromatic N) is 1. The molecule has 1 fully saturated rings. The highest BCUT2D eigenvalue weighted by Gasteiger charge is 2.19. The summed E-state index contributed by atoms with van der Waals surface area (Å²) in [6.07, 6.45) is 2.34. The van der Waals surface area contributed by atoms with E-state index in [1.807, 2.05) is 0 Å². The summed E-state index contributed by atoms with van der Waals surface area (Å²) in [6, 6.07) is 6.97. The number of hydrogen-bond donors (Lipinski definition) is 1. The van der Waals surface area contributed by atoms with Crippen molar-refractivity contribution in [3.63, 3.8) is 0 Å². The molecule has 1 aliphatic heterocycles. The highest BCUT2D eigenvalue weighted by Crippen LogP contribution is 2.16. The standard InChI is InChI=1S/C14H17NO4/c16-13(17)8-5-11-3-6-12(7-4-11)19-14(18)15-9-1-2-10-15/h3-4,6-7H,1-2,5,8-10H2,(H,16,17). The van der Waals surface area contributed by atoms with Gasteiger partial charge in [0.2, 0.25) is 0 Å². The summed E-state index contributed by atoms with van der Waals surface area (Å²) in [5.74, 6) is -0.319. The van der Waals surface area contributed by atoms with Gasteiger partial charge in [-0.3, -0.25) is 4.79 Å². The van der Waals surface area contributed by atoms with Crippen LogP contribution >= 0.6 is 0 Å². The minimum atomic E-state index is -0.815. The van der Waals surface area contributed by atoms with Gasteiger partial charge in [0.25, 0.3) is 0 Å². The van der Waals surface area contributed by atoms with E-state index in [0.29, 0.717) is 12.2 Å². The smallest absolute Gasteiger partial charge is 0.415 e. The highest BCUT2D eigenvalue weighted by molar-refractivity contribution is 5.71. The normalized spacial score (nSPS) is 14.4. The number of ether oxygens (including phenoxy) is 1. The van der Waals surface area contributed by atoms with Crippen LogP contribution in [0.3, 0.4) is 0 Å². The zero-order chi connectivity index (χ0) is 13.7. The number of carbonyl (C=O) groups is 2. The van der Waals surface area contributed by atoms with Crippen LogP contribution in [0, 0.1) is 0 Å². The van der Waals surface area contributed by atoms with Gasteiger partial charge in [0.1, 0.15) is 5.75 Å². The van der Waals surface area contributed by atoms with Gasteiger partial charge in [0, 0.05) is 19.5 Å². The molecule has 102 valence electrons. The van der Waals surface area contributed by atoms with Gasteiger partial charge in [-0.05, 0) is 37.0 Å². The minimum Gasteiger partial charge on any atom is -0.481 e. The number of rotatable bonds is 4. The third kappa shape index (κ3) is 3.98. The molecular formula is C14H17NO4. The van der Waals surface area contributed by atoms with Gasteiger partial charge in [0.15, 0.2) is 0 Å². The molecule has 0 bridgehead atoms. The van der Waals surface area contributed by atoms with Gasteiger partial charge in [-0.25, -0.2) is 4.79 Å². The first-order chi connectivity index (χ1) is 9.15. The van der Waals surface area contributed by atoms with E-state index in [2.05, 4.69) is 0 Å². The van der Waals surface area contributed by atoms with Crippen molar-refractivity contribution in [2.24, 2.45) is 0 Å². The molecule has 1 aromatic rings. The number of carbonyl (C=O) groups excluding carboxylic acids is 1. The van der Waals surface area contributed by atoms with E-state index >= 15 is 0 Å². The van der Waals surface area contributed by atoms with Crippen LogP contribution in [-0.4, -0.2) is 35.2 Å². The maximum Gasteiger partial charge on any atom is 0.415 e. The number of hydrogen-bond acceptors (Lipinski definition) is 3. The molecule has 5 heteroatoms. The SMILES string of the molecule is O=C(O)CCc1ccc(OC(=O)N2CCCC2)cc1. The van der Waals surface area contributed by atoms with Crippen molar-refractivity contribution < 1.29 is 19.4 Å². The second-order valence-electron chi connectivity index (χ2n) is 4.60. The van der Waals surface area contributed by atoms with Crippen molar-refractivity contribution in [3.8, 4) is 5.75 Å². The van der Waals surface area contributed by atoms with E-state index in [9.17, 15) is 9.59 Å². The van der Waals surface area contributed by atoms with E-state index in [0.717, 1.165) is 31.5 Å². The molecule has 0 unspecified atom stereocenters. The Morgan fingerprint density at radius 3 is 2.37 bits per heavy atom. The van der Waals surface area contributed by atoms with Gasteiger partial charge >= 0.3 is 12.1 Å². The second kappa shape index (κ2) is 6.22. The zero-order valence-electron chi connectivity index (χ0n) is 10.7. The average molecular weight is 263 g/mol. The summed E-state index contributed by atoms with van der Waals surface area (Å²) in [6.45, 7) is 1.52. The zero-order valence-corrected chi connectivity index (χ0v) is 10.7. The van der Waals surface area contributed by atoms with Gasteiger partial charge < -0.3 is 14.7 Å². The van der Waals surface area contributed by atoms with Crippen LogP contribution in [-0.2, 0) is 11.2 Å². The van der Waals surface area contributed by atoms with Crippen LogP contribution in [0.4, 0.5) is 4.79 Å². The second-order valence-corrected chi connectivity index (χ2v) is 4.60. The fourth-order valence-corrected chi connectivity index (χ4v) is 2.04. The lowest BCUT2D eigenvalue weighted by Crippen LogP contribution is -2.30. The minimum absolute atomic E-state index is 0.104. The Bertz CT molecular complexity index is 449. The maximum atomic E-state index is 11.7. The molecule has 0 aromatic heterocycles. The molecule has 0 atom stereocenters. The number of likely N-dealkylation sites (tertiary alicyclic amines) is 1. The molecule has 0 saturated carbocycles. The molecular weight excluding hydrogens is 246 g/mol. The summed E-state index contributed by atoms with van der Waals surface area (Å²) < 4.78 is 5.25. The topological polar surface area (TPSA) is 66.8 Å². The summed E-state index contributed by atoms with van der Waals surface area (Å²) in [5.41, 5.74) is 0.920. The van der Waals surface area contributed by atoms with Crippen LogP contribution in [0.15, 0.2) is 24.3 Å². The Kier molecular flexibility index (Phi) is 4.39. The first-order valence-corrected chi connectivity index (χ1v) is 6.42. The third-order valence-electron chi connectivity index (χ3n) is 3.12. The predicted octanol–water partition coefficient (Wildman–Crippen LogP) is 2.30. The molecule has 1 amide bonds. The first-order valence-electron chi connectivity index (χ1n) is 6.42. The Morgan fingerprint density at radius 1 is 1.16 bits per heavy atom. The van der Waals surface area contributed by atoms with Gasteiger partial charge in [-0.2, -0.15) is 0 Å². The molecule has 1 N–H and O–H groups in total. The molecule has 0 spiro atoms. The Hall–Kier alpha value is -2.04. The number of amides is 1. The van der Waals surface area contributed by atoms with Crippen LogP contribution < -0.4 is 4.74 Å². The average Bonchev–Trinajstić information content (AvgIpc) is 2.92. The summed E-state index contributed by atoms with van der Waals surface area (Å²) in [4.78, 5) is 23.9. The lowest BCUT2D eigenvalue weighted by molar-refractivity contribution is -0.136. The van der Waals surface area contributed by atoms with Gasteiger partial charge in [0.05, 0.1) is 0 Å². The molecule has 2 rings (SSSR count). The molecule has 1 aliphatic rings. The number of aliphatic carboxylic acids is 1. The van der Waals surface area contributed by atoms with Crippen molar-refractivity contribution in [1.82, 2.24) is 4.90 Å². The Balaban J connectivity index is 1.87. The number of benzene rings is 1. The van der Waals surface area contributed by atoms with Gasteiger partial charge in [-0.1, -0.05) is 12.1 Å². The lowest BCUT2D eigenvalue weighted by atomic mass is 10.1. The quantitative estimate of drug-likeness (QED) is 0.905. The van der Waals surface area contributed by atoms with E-state index in [1.165, 1.54) is 0 Å². The monoisotopic (exact) mass is 263 g/mol. The van der Waals surface area contributed by atoms with E-state index in [1.54, 1.807) is 29.2 Å². The summed E-state index contributed by atoms with van der Waals surface area (Å²) in [7, 11) is 0. The summed E-state index contributed by atoms with van der Waals surface area (Å²) in [5, 5.41) is 8.59. The largest absolute Gasteiger partial charge is 0.481 e. The first kappa shape index (κ1) is 13.4.